The van der Waals surface area contributed by atoms with Gasteiger partial charge in [-0.2, -0.15) is 0 Å². The Kier molecular flexibility index (Phi) is 6.02. The molecule has 1 aromatic rings. The van der Waals surface area contributed by atoms with Gasteiger partial charge < -0.3 is 15.8 Å². The monoisotopic (exact) mass is 316 g/mol. The molecule has 1 aromatic carbocycles. The minimum Gasteiger partial charge on any atom is -0.467 e. The highest BCUT2D eigenvalue weighted by molar-refractivity contribution is 7.80. The van der Waals surface area contributed by atoms with Crippen LogP contribution in [0, 0.1) is 17.6 Å². The van der Waals surface area contributed by atoms with Crippen LogP contribution in [-0.2, 0) is 9.53 Å². The number of halogens is 2. The van der Waals surface area contributed by atoms with Gasteiger partial charge in [0.05, 0.1) is 12.8 Å². The SMILES string of the molecule is COC(=O)C(CC(C)C)Nc1ccc(C(N)=S)c(F)c1F. The maximum absolute atomic E-state index is 14.0. The third-order valence-electron chi connectivity index (χ3n) is 2.87. The molecule has 7 heteroatoms. The van der Waals surface area contributed by atoms with Crippen molar-refractivity contribution in [1.82, 2.24) is 0 Å². The lowest BCUT2D eigenvalue weighted by atomic mass is 10.0. The third-order valence-corrected chi connectivity index (χ3v) is 3.09. The van der Waals surface area contributed by atoms with Crippen molar-refractivity contribution < 1.29 is 18.3 Å². The van der Waals surface area contributed by atoms with Crippen molar-refractivity contribution in [3.63, 3.8) is 0 Å². The number of rotatable bonds is 6. The van der Waals surface area contributed by atoms with Crippen molar-refractivity contribution in [2.24, 2.45) is 11.7 Å². The minimum atomic E-state index is -1.14. The lowest BCUT2D eigenvalue weighted by Crippen LogP contribution is -2.32. The molecule has 0 spiro atoms. The van der Waals surface area contributed by atoms with Crippen LogP contribution in [-0.4, -0.2) is 24.1 Å². The molecular formula is C14H18F2N2O2S. The van der Waals surface area contributed by atoms with Gasteiger partial charge in [0.25, 0.3) is 0 Å². The normalized spacial score (nSPS) is 12.1. The van der Waals surface area contributed by atoms with E-state index in [0.29, 0.717) is 6.42 Å². The molecule has 116 valence electrons. The highest BCUT2D eigenvalue weighted by Crippen LogP contribution is 2.23. The number of nitrogens with two attached hydrogens (primary N) is 1. The predicted octanol–water partition coefficient (Wildman–Crippen LogP) is 2.60. The summed E-state index contributed by atoms with van der Waals surface area (Å²) >= 11 is 4.63. The van der Waals surface area contributed by atoms with Gasteiger partial charge in [0, 0.05) is 5.56 Å². The van der Waals surface area contributed by atoms with Gasteiger partial charge in [-0.1, -0.05) is 26.1 Å². The Labute approximate surface area is 127 Å². The summed E-state index contributed by atoms with van der Waals surface area (Å²) in [4.78, 5) is 11.4. The summed E-state index contributed by atoms with van der Waals surface area (Å²) in [6.07, 6.45) is 0.421. The molecule has 0 amide bonds. The Balaban J connectivity index is 3.07. The van der Waals surface area contributed by atoms with E-state index >= 15 is 0 Å². The van der Waals surface area contributed by atoms with Gasteiger partial charge in [0.2, 0.25) is 0 Å². The molecule has 0 aromatic heterocycles. The van der Waals surface area contributed by atoms with Crippen LogP contribution in [0.4, 0.5) is 14.5 Å². The maximum atomic E-state index is 14.0. The Hall–Kier alpha value is -1.76. The topological polar surface area (TPSA) is 64.3 Å². The van der Waals surface area contributed by atoms with E-state index in [9.17, 15) is 13.6 Å². The van der Waals surface area contributed by atoms with Crippen molar-refractivity contribution in [2.75, 3.05) is 12.4 Å². The lowest BCUT2D eigenvalue weighted by molar-refractivity contribution is -0.141. The van der Waals surface area contributed by atoms with Crippen LogP contribution in [0.3, 0.4) is 0 Å². The van der Waals surface area contributed by atoms with E-state index in [0.717, 1.165) is 0 Å². The van der Waals surface area contributed by atoms with Crippen LogP contribution in [0.15, 0.2) is 12.1 Å². The summed E-state index contributed by atoms with van der Waals surface area (Å²) in [6, 6.07) is 1.80. The van der Waals surface area contributed by atoms with Crippen molar-refractivity contribution >= 4 is 28.9 Å². The van der Waals surface area contributed by atoms with Gasteiger partial charge in [-0.3, -0.25) is 0 Å². The number of hydrogen-bond donors (Lipinski definition) is 2. The molecule has 1 rings (SSSR count). The number of benzene rings is 1. The molecule has 0 bridgehead atoms. The van der Waals surface area contributed by atoms with E-state index in [4.69, 9.17) is 5.73 Å². The summed E-state index contributed by atoms with van der Waals surface area (Å²) in [5.74, 6) is -2.63. The standard InChI is InChI=1S/C14H18F2N2O2S/c1-7(2)6-10(14(19)20-3)18-9-5-4-8(13(17)21)11(15)12(9)16/h4-5,7,10,18H,6H2,1-3H3,(H2,17,21). The molecule has 1 atom stereocenters. The zero-order chi connectivity index (χ0) is 16.2. The van der Waals surface area contributed by atoms with Gasteiger partial charge in [-0.15, -0.1) is 0 Å². The second kappa shape index (κ2) is 7.31. The fourth-order valence-electron chi connectivity index (χ4n) is 1.87. The second-order valence-electron chi connectivity index (χ2n) is 5.00. The number of anilines is 1. The molecule has 3 N–H and O–H groups in total. The predicted molar refractivity (Wildman–Crippen MR) is 81.1 cm³/mol. The highest BCUT2D eigenvalue weighted by atomic mass is 32.1. The third kappa shape index (κ3) is 4.35. The number of nitrogens with one attached hydrogen (secondary N) is 1. The lowest BCUT2D eigenvalue weighted by Gasteiger charge is -2.20. The van der Waals surface area contributed by atoms with Gasteiger partial charge >= 0.3 is 5.97 Å². The van der Waals surface area contributed by atoms with E-state index in [2.05, 4.69) is 22.3 Å². The van der Waals surface area contributed by atoms with E-state index < -0.39 is 23.6 Å². The van der Waals surface area contributed by atoms with E-state index in [1.165, 1.54) is 19.2 Å². The number of carbonyl (C=O) groups is 1. The largest absolute Gasteiger partial charge is 0.467 e. The molecule has 4 nitrogen and oxygen atoms in total. The van der Waals surface area contributed by atoms with Gasteiger partial charge in [-0.25, -0.2) is 13.6 Å². The van der Waals surface area contributed by atoms with Crippen molar-refractivity contribution in [1.29, 1.82) is 0 Å². The number of esters is 1. The Morgan fingerprint density at radius 2 is 2.00 bits per heavy atom. The van der Waals surface area contributed by atoms with Crippen molar-refractivity contribution in [3.05, 3.63) is 29.3 Å². The minimum absolute atomic E-state index is 0.136. The highest BCUT2D eigenvalue weighted by Gasteiger charge is 2.23. The summed E-state index contributed by atoms with van der Waals surface area (Å²) < 4.78 is 32.5. The molecule has 21 heavy (non-hydrogen) atoms. The molecule has 1 unspecified atom stereocenters. The summed E-state index contributed by atoms with van der Waals surface area (Å²) in [7, 11) is 1.24. The first-order chi connectivity index (χ1) is 9.77. The molecule has 0 radical (unpaired) electrons. The molecule has 0 saturated carbocycles. The Bertz CT molecular complexity index is 550. The van der Waals surface area contributed by atoms with Crippen LogP contribution in [0.25, 0.3) is 0 Å². The van der Waals surface area contributed by atoms with Crippen molar-refractivity contribution in [3.8, 4) is 0 Å². The number of hydrogen-bond acceptors (Lipinski definition) is 4. The first-order valence-corrected chi connectivity index (χ1v) is 6.80. The van der Waals surface area contributed by atoms with Crippen LogP contribution >= 0.6 is 12.2 Å². The molecular weight excluding hydrogens is 298 g/mol. The number of ether oxygens (including phenoxy) is 1. The average molecular weight is 316 g/mol. The smallest absolute Gasteiger partial charge is 0.328 e. The number of thiocarbonyl (C=S) groups is 1. The summed E-state index contributed by atoms with van der Waals surface area (Å²) in [6.45, 7) is 3.81. The van der Waals surface area contributed by atoms with Gasteiger partial charge in [-0.05, 0) is 24.5 Å². The molecule has 0 aliphatic heterocycles. The van der Waals surface area contributed by atoms with E-state index in [-0.39, 0.29) is 22.2 Å². The maximum Gasteiger partial charge on any atom is 0.328 e. The number of methoxy groups -OCH3 is 1. The molecule has 0 aliphatic carbocycles. The summed E-state index contributed by atoms with van der Waals surface area (Å²) in [5, 5.41) is 2.66. The van der Waals surface area contributed by atoms with Crippen LogP contribution in [0.2, 0.25) is 0 Å². The first-order valence-electron chi connectivity index (χ1n) is 6.40. The Morgan fingerprint density at radius 1 is 1.38 bits per heavy atom. The fraction of sp³-hybridized carbons (Fsp3) is 0.429. The summed E-state index contributed by atoms with van der Waals surface area (Å²) in [5.41, 5.74) is 4.99. The van der Waals surface area contributed by atoms with E-state index in [1.54, 1.807) is 0 Å². The van der Waals surface area contributed by atoms with E-state index in [1.807, 2.05) is 13.8 Å². The van der Waals surface area contributed by atoms with Crippen molar-refractivity contribution in [2.45, 2.75) is 26.3 Å². The zero-order valence-electron chi connectivity index (χ0n) is 12.1. The quantitative estimate of drug-likeness (QED) is 0.624. The Morgan fingerprint density at radius 3 is 2.48 bits per heavy atom. The number of carbonyl (C=O) groups excluding carboxylic acids is 1. The van der Waals surface area contributed by atoms with Crippen LogP contribution in [0.1, 0.15) is 25.8 Å². The molecule has 0 fully saturated rings. The first kappa shape index (κ1) is 17.3. The average Bonchev–Trinajstić information content (AvgIpc) is 2.41. The zero-order valence-corrected chi connectivity index (χ0v) is 12.9. The second-order valence-corrected chi connectivity index (χ2v) is 5.44. The van der Waals surface area contributed by atoms with Crippen LogP contribution in [0.5, 0.6) is 0 Å². The molecule has 0 heterocycles. The molecule has 0 saturated heterocycles. The van der Waals surface area contributed by atoms with Gasteiger partial charge in [0.15, 0.2) is 11.6 Å². The molecule has 0 aliphatic rings. The fourth-order valence-corrected chi connectivity index (χ4v) is 2.02. The van der Waals surface area contributed by atoms with Crippen LogP contribution < -0.4 is 11.1 Å². The van der Waals surface area contributed by atoms with Gasteiger partial charge in [0.1, 0.15) is 11.0 Å².